The van der Waals surface area contributed by atoms with Gasteiger partial charge in [-0.05, 0) is 45.0 Å². The molecule has 5 rings (SSSR count). The summed E-state index contributed by atoms with van der Waals surface area (Å²) in [4.78, 5) is 17.0. The summed E-state index contributed by atoms with van der Waals surface area (Å²) < 4.78 is 1.56. The van der Waals surface area contributed by atoms with E-state index in [1.165, 1.54) is 28.4 Å². The SMILES string of the molecule is O=C(Cc1ccc(-n2cnnn2)cc1)Nc1nc(-c2ccc3ccccc3c2)cs1. The van der Waals surface area contributed by atoms with Gasteiger partial charge in [-0.25, -0.2) is 9.67 Å². The summed E-state index contributed by atoms with van der Waals surface area (Å²) in [7, 11) is 0. The molecule has 0 aliphatic heterocycles. The summed E-state index contributed by atoms with van der Waals surface area (Å²) in [6.07, 6.45) is 1.79. The van der Waals surface area contributed by atoms with E-state index in [1.807, 2.05) is 41.8 Å². The van der Waals surface area contributed by atoms with Crippen LogP contribution < -0.4 is 5.32 Å². The summed E-state index contributed by atoms with van der Waals surface area (Å²) in [6, 6.07) is 22.0. The number of tetrazole rings is 1. The number of anilines is 1. The summed E-state index contributed by atoms with van der Waals surface area (Å²) >= 11 is 1.42. The van der Waals surface area contributed by atoms with Crippen molar-refractivity contribution in [2.45, 2.75) is 6.42 Å². The van der Waals surface area contributed by atoms with Crippen molar-refractivity contribution in [3.63, 3.8) is 0 Å². The molecule has 0 saturated heterocycles. The number of hydrogen-bond donors (Lipinski definition) is 1. The lowest BCUT2D eigenvalue weighted by atomic mass is 10.1. The minimum atomic E-state index is -0.107. The van der Waals surface area contributed by atoms with E-state index in [-0.39, 0.29) is 12.3 Å². The van der Waals surface area contributed by atoms with Gasteiger partial charge in [-0.15, -0.1) is 16.4 Å². The second kappa shape index (κ2) is 7.84. The van der Waals surface area contributed by atoms with Crippen molar-refractivity contribution in [1.82, 2.24) is 25.2 Å². The Hall–Kier alpha value is -3.91. The van der Waals surface area contributed by atoms with Gasteiger partial charge in [0.25, 0.3) is 0 Å². The fraction of sp³-hybridized carbons (Fsp3) is 0.0455. The monoisotopic (exact) mass is 412 g/mol. The average Bonchev–Trinajstić information content (AvgIpc) is 3.46. The second-order valence-corrected chi connectivity index (χ2v) is 7.60. The molecule has 0 aliphatic carbocycles. The van der Waals surface area contributed by atoms with Crippen LogP contribution in [0.5, 0.6) is 0 Å². The Morgan fingerprint density at radius 1 is 1.00 bits per heavy atom. The maximum Gasteiger partial charge on any atom is 0.230 e. The first-order valence-corrected chi connectivity index (χ1v) is 10.2. The Balaban J connectivity index is 1.26. The van der Waals surface area contributed by atoms with E-state index in [9.17, 15) is 4.79 Å². The normalized spacial score (nSPS) is 10.9. The fourth-order valence-corrected chi connectivity index (χ4v) is 3.94. The molecule has 0 aliphatic rings. The second-order valence-electron chi connectivity index (χ2n) is 6.75. The van der Waals surface area contributed by atoms with E-state index >= 15 is 0 Å². The van der Waals surface area contributed by atoms with Crippen molar-refractivity contribution >= 4 is 33.1 Å². The lowest BCUT2D eigenvalue weighted by Crippen LogP contribution is -2.14. The van der Waals surface area contributed by atoms with Gasteiger partial charge in [0.1, 0.15) is 6.33 Å². The minimum absolute atomic E-state index is 0.107. The number of fused-ring (bicyclic) bond motifs is 1. The number of nitrogens with one attached hydrogen (secondary N) is 1. The van der Waals surface area contributed by atoms with Gasteiger partial charge in [-0.3, -0.25) is 4.79 Å². The van der Waals surface area contributed by atoms with Gasteiger partial charge in [-0.1, -0.05) is 48.5 Å². The Labute approximate surface area is 176 Å². The highest BCUT2D eigenvalue weighted by Crippen LogP contribution is 2.27. The smallest absolute Gasteiger partial charge is 0.230 e. The van der Waals surface area contributed by atoms with Crippen LogP contribution in [0.3, 0.4) is 0 Å². The van der Waals surface area contributed by atoms with Crippen LogP contribution in [0, 0.1) is 0 Å². The number of carbonyl (C=O) groups is 1. The summed E-state index contributed by atoms with van der Waals surface area (Å²) in [6.45, 7) is 0. The van der Waals surface area contributed by atoms with Crippen molar-refractivity contribution in [3.05, 3.63) is 84.0 Å². The highest BCUT2D eigenvalue weighted by molar-refractivity contribution is 7.14. The van der Waals surface area contributed by atoms with Gasteiger partial charge in [0.05, 0.1) is 17.8 Å². The van der Waals surface area contributed by atoms with Crippen LogP contribution in [0.15, 0.2) is 78.4 Å². The number of nitrogens with zero attached hydrogens (tertiary/aromatic N) is 5. The molecule has 1 N–H and O–H groups in total. The topological polar surface area (TPSA) is 85.6 Å². The Kier molecular flexibility index (Phi) is 4.74. The molecule has 146 valence electrons. The van der Waals surface area contributed by atoms with Gasteiger partial charge in [0, 0.05) is 10.9 Å². The largest absolute Gasteiger partial charge is 0.302 e. The number of hydrogen-bond acceptors (Lipinski definition) is 6. The molecule has 30 heavy (non-hydrogen) atoms. The molecule has 2 heterocycles. The van der Waals surface area contributed by atoms with Crippen LogP contribution in [-0.4, -0.2) is 31.1 Å². The van der Waals surface area contributed by atoms with Crippen LogP contribution in [0.25, 0.3) is 27.7 Å². The van der Waals surface area contributed by atoms with E-state index in [2.05, 4.69) is 56.2 Å². The van der Waals surface area contributed by atoms with Crippen LogP contribution in [0.1, 0.15) is 5.56 Å². The number of aromatic nitrogens is 5. The number of carbonyl (C=O) groups excluding carboxylic acids is 1. The first kappa shape index (κ1) is 18.1. The minimum Gasteiger partial charge on any atom is -0.302 e. The van der Waals surface area contributed by atoms with Gasteiger partial charge < -0.3 is 5.32 Å². The number of rotatable bonds is 5. The van der Waals surface area contributed by atoms with Crippen molar-refractivity contribution in [2.24, 2.45) is 0 Å². The van der Waals surface area contributed by atoms with Gasteiger partial charge in [0.15, 0.2) is 5.13 Å². The molecule has 0 fully saturated rings. The Morgan fingerprint density at radius 2 is 1.83 bits per heavy atom. The maximum absolute atomic E-state index is 12.4. The van der Waals surface area contributed by atoms with Crippen molar-refractivity contribution in [3.8, 4) is 16.9 Å². The van der Waals surface area contributed by atoms with Crippen LogP contribution >= 0.6 is 11.3 Å². The summed E-state index contributed by atoms with van der Waals surface area (Å²) in [5, 5.41) is 18.9. The molecular weight excluding hydrogens is 396 g/mol. The lowest BCUT2D eigenvalue weighted by molar-refractivity contribution is -0.115. The van der Waals surface area contributed by atoms with Crippen molar-refractivity contribution in [2.75, 3.05) is 5.32 Å². The summed E-state index contributed by atoms with van der Waals surface area (Å²) in [5.74, 6) is -0.107. The number of amides is 1. The summed E-state index contributed by atoms with van der Waals surface area (Å²) in [5.41, 5.74) is 3.62. The van der Waals surface area contributed by atoms with Gasteiger partial charge >= 0.3 is 0 Å². The molecule has 5 aromatic rings. The van der Waals surface area contributed by atoms with Gasteiger partial charge in [-0.2, -0.15) is 0 Å². The van der Waals surface area contributed by atoms with Crippen LogP contribution in [0.2, 0.25) is 0 Å². The van der Waals surface area contributed by atoms with E-state index in [4.69, 9.17) is 0 Å². The third-order valence-corrected chi connectivity index (χ3v) is 5.47. The fourth-order valence-electron chi connectivity index (χ4n) is 3.21. The molecule has 0 radical (unpaired) electrons. The highest BCUT2D eigenvalue weighted by Gasteiger charge is 2.10. The maximum atomic E-state index is 12.4. The van der Waals surface area contributed by atoms with Crippen LogP contribution in [0.4, 0.5) is 5.13 Å². The van der Waals surface area contributed by atoms with E-state index < -0.39 is 0 Å². The number of thiazole rings is 1. The van der Waals surface area contributed by atoms with Crippen LogP contribution in [-0.2, 0) is 11.2 Å². The molecular formula is C22H16N6OS. The molecule has 0 unspecified atom stereocenters. The molecule has 0 spiro atoms. The first-order chi connectivity index (χ1) is 14.7. The first-order valence-electron chi connectivity index (χ1n) is 9.31. The highest BCUT2D eigenvalue weighted by atomic mass is 32.1. The van der Waals surface area contributed by atoms with E-state index in [0.717, 1.165) is 22.5 Å². The van der Waals surface area contributed by atoms with E-state index in [0.29, 0.717) is 5.13 Å². The van der Waals surface area contributed by atoms with Crippen molar-refractivity contribution < 1.29 is 4.79 Å². The molecule has 7 nitrogen and oxygen atoms in total. The zero-order valence-corrected chi connectivity index (χ0v) is 16.6. The quantitative estimate of drug-likeness (QED) is 0.469. The third kappa shape index (κ3) is 3.81. The van der Waals surface area contributed by atoms with E-state index in [1.54, 1.807) is 4.68 Å². The third-order valence-electron chi connectivity index (χ3n) is 4.71. The molecule has 0 bridgehead atoms. The average molecular weight is 412 g/mol. The zero-order chi connectivity index (χ0) is 20.3. The van der Waals surface area contributed by atoms with Gasteiger partial charge in [0.2, 0.25) is 5.91 Å². The predicted octanol–water partition coefficient (Wildman–Crippen LogP) is 4.12. The molecule has 0 atom stereocenters. The molecule has 8 heteroatoms. The number of benzene rings is 3. The molecule has 3 aromatic carbocycles. The Morgan fingerprint density at radius 3 is 2.63 bits per heavy atom. The standard InChI is InChI=1S/C22H16N6OS/c29-21(11-15-5-9-19(10-6-15)28-14-23-26-27-28)25-22-24-20(13-30-22)18-8-7-16-3-1-2-4-17(16)12-18/h1-10,12-14H,11H2,(H,24,25,29). The molecule has 1 amide bonds. The molecule has 0 saturated carbocycles. The molecule has 2 aromatic heterocycles. The lowest BCUT2D eigenvalue weighted by Gasteiger charge is -2.04. The predicted molar refractivity (Wildman–Crippen MR) is 117 cm³/mol. The zero-order valence-electron chi connectivity index (χ0n) is 15.8. The Bertz CT molecular complexity index is 1310. The van der Waals surface area contributed by atoms with Crippen molar-refractivity contribution in [1.29, 1.82) is 0 Å².